The minimum Gasteiger partial charge on any atom is -0.335 e. The van der Waals surface area contributed by atoms with E-state index >= 15 is 0 Å². The lowest BCUT2D eigenvalue weighted by Crippen LogP contribution is -2.43. The fourth-order valence-electron chi connectivity index (χ4n) is 2.39. The minimum atomic E-state index is 0. The van der Waals surface area contributed by atoms with Crippen LogP contribution in [0.15, 0.2) is 0 Å². The van der Waals surface area contributed by atoms with E-state index in [1.165, 1.54) is 12.8 Å². The molecule has 2 rings (SSSR count). The van der Waals surface area contributed by atoms with Gasteiger partial charge in [-0.25, -0.2) is 0 Å². The van der Waals surface area contributed by atoms with Crippen molar-refractivity contribution >= 4 is 18.3 Å². The first-order valence-corrected chi connectivity index (χ1v) is 6.20. The van der Waals surface area contributed by atoms with Gasteiger partial charge in [-0.2, -0.15) is 0 Å². The van der Waals surface area contributed by atoms with Gasteiger partial charge < -0.3 is 10.2 Å². The Hall–Kier alpha value is -0.280. The summed E-state index contributed by atoms with van der Waals surface area (Å²) in [5.41, 5.74) is 0. The summed E-state index contributed by atoms with van der Waals surface area (Å²) < 4.78 is 0. The SMILES string of the molecule is CC(C)CC(=O)N(C1CC1)C1CCNC1.Cl. The zero-order valence-corrected chi connectivity index (χ0v) is 11.1. The first-order chi connectivity index (χ1) is 7.18. The van der Waals surface area contributed by atoms with Crippen molar-refractivity contribution in [2.75, 3.05) is 13.1 Å². The van der Waals surface area contributed by atoms with Gasteiger partial charge in [-0.05, 0) is 31.7 Å². The third-order valence-corrected chi connectivity index (χ3v) is 3.24. The Balaban J connectivity index is 0.00000128. The highest BCUT2D eigenvalue weighted by molar-refractivity contribution is 5.85. The molecule has 1 N–H and O–H groups in total. The molecule has 0 aromatic carbocycles. The Bertz CT molecular complexity index is 235. The normalized spacial score (nSPS) is 24.3. The van der Waals surface area contributed by atoms with E-state index in [1.54, 1.807) is 0 Å². The summed E-state index contributed by atoms with van der Waals surface area (Å²) in [6, 6.07) is 1.05. The quantitative estimate of drug-likeness (QED) is 0.821. The van der Waals surface area contributed by atoms with E-state index in [4.69, 9.17) is 0 Å². The molecule has 1 aliphatic heterocycles. The number of amides is 1. The van der Waals surface area contributed by atoms with Gasteiger partial charge in [0.15, 0.2) is 0 Å². The summed E-state index contributed by atoms with van der Waals surface area (Å²) >= 11 is 0. The van der Waals surface area contributed by atoms with Crippen LogP contribution in [0.4, 0.5) is 0 Å². The zero-order valence-electron chi connectivity index (χ0n) is 10.2. The number of nitrogens with one attached hydrogen (secondary N) is 1. The van der Waals surface area contributed by atoms with E-state index in [2.05, 4.69) is 24.1 Å². The fourth-order valence-corrected chi connectivity index (χ4v) is 2.39. The van der Waals surface area contributed by atoms with Gasteiger partial charge in [0.2, 0.25) is 5.91 Å². The molecule has 0 radical (unpaired) electrons. The third kappa shape index (κ3) is 3.36. The van der Waals surface area contributed by atoms with Crippen molar-refractivity contribution < 1.29 is 4.79 Å². The maximum Gasteiger partial charge on any atom is 0.223 e. The van der Waals surface area contributed by atoms with E-state index in [0.717, 1.165) is 19.5 Å². The molecule has 0 aromatic heterocycles. The first-order valence-electron chi connectivity index (χ1n) is 6.20. The number of halogens is 1. The molecule has 16 heavy (non-hydrogen) atoms. The number of hydrogen-bond acceptors (Lipinski definition) is 2. The van der Waals surface area contributed by atoms with Gasteiger partial charge in [-0.1, -0.05) is 13.8 Å². The van der Waals surface area contributed by atoms with Crippen LogP contribution in [0, 0.1) is 5.92 Å². The number of carbonyl (C=O) groups excluding carboxylic acids is 1. The highest BCUT2D eigenvalue weighted by Gasteiger charge is 2.38. The predicted molar refractivity (Wildman–Crippen MR) is 67.8 cm³/mol. The number of hydrogen-bond donors (Lipinski definition) is 1. The van der Waals surface area contributed by atoms with Gasteiger partial charge in [-0.15, -0.1) is 12.4 Å². The average molecular weight is 247 g/mol. The summed E-state index contributed by atoms with van der Waals surface area (Å²) in [5, 5.41) is 3.35. The van der Waals surface area contributed by atoms with Crippen LogP contribution in [0.2, 0.25) is 0 Å². The Kier molecular flexibility index (Phi) is 5.06. The maximum atomic E-state index is 12.1. The Morgan fingerprint density at radius 3 is 2.44 bits per heavy atom. The van der Waals surface area contributed by atoms with Crippen molar-refractivity contribution in [2.24, 2.45) is 5.92 Å². The lowest BCUT2D eigenvalue weighted by Gasteiger charge is -2.29. The van der Waals surface area contributed by atoms with Crippen molar-refractivity contribution in [2.45, 2.75) is 51.6 Å². The smallest absolute Gasteiger partial charge is 0.223 e. The van der Waals surface area contributed by atoms with Crippen LogP contribution in [-0.2, 0) is 4.79 Å². The van der Waals surface area contributed by atoms with Crippen LogP contribution < -0.4 is 5.32 Å². The van der Waals surface area contributed by atoms with Crippen LogP contribution in [0.3, 0.4) is 0 Å². The van der Waals surface area contributed by atoms with Crippen LogP contribution in [0.25, 0.3) is 0 Å². The van der Waals surface area contributed by atoms with E-state index < -0.39 is 0 Å². The van der Waals surface area contributed by atoms with Crippen molar-refractivity contribution in [3.8, 4) is 0 Å². The second-order valence-electron chi connectivity index (χ2n) is 5.28. The molecule has 2 fully saturated rings. The summed E-state index contributed by atoms with van der Waals surface area (Å²) in [4.78, 5) is 14.3. The van der Waals surface area contributed by atoms with Gasteiger partial charge in [0.05, 0.1) is 0 Å². The van der Waals surface area contributed by atoms with Gasteiger partial charge in [-0.3, -0.25) is 4.79 Å². The lowest BCUT2D eigenvalue weighted by molar-refractivity contribution is -0.134. The average Bonchev–Trinajstić information content (AvgIpc) is 2.80. The molecule has 1 saturated carbocycles. The second kappa shape index (κ2) is 5.87. The number of carbonyl (C=O) groups is 1. The second-order valence-corrected chi connectivity index (χ2v) is 5.28. The van der Waals surface area contributed by atoms with Crippen molar-refractivity contribution in [1.82, 2.24) is 10.2 Å². The molecule has 1 amide bonds. The molecule has 0 bridgehead atoms. The number of rotatable bonds is 4. The molecular formula is C12H23ClN2O. The van der Waals surface area contributed by atoms with E-state index in [1.807, 2.05) is 0 Å². The molecule has 1 saturated heterocycles. The van der Waals surface area contributed by atoms with Gasteiger partial charge >= 0.3 is 0 Å². The molecule has 4 heteroatoms. The zero-order chi connectivity index (χ0) is 10.8. The summed E-state index contributed by atoms with van der Waals surface area (Å²) in [7, 11) is 0. The van der Waals surface area contributed by atoms with E-state index in [-0.39, 0.29) is 12.4 Å². The highest BCUT2D eigenvalue weighted by Crippen LogP contribution is 2.31. The van der Waals surface area contributed by atoms with Gasteiger partial charge in [0, 0.05) is 25.0 Å². The monoisotopic (exact) mass is 246 g/mol. The highest BCUT2D eigenvalue weighted by atomic mass is 35.5. The lowest BCUT2D eigenvalue weighted by atomic mass is 10.1. The van der Waals surface area contributed by atoms with Crippen molar-refractivity contribution in [3.05, 3.63) is 0 Å². The van der Waals surface area contributed by atoms with Crippen LogP contribution in [0.1, 0.15) is 39.5 Å². The maximum absolute atomic E-state index is 12.1. The molecule has 3 nitrogen and oxygen atoms in total. The van der Waals surface area contributed by atoms with Crippen LogP contribution in [-0.4, -0.2) is 36.0 Å². The molecule has 94 valence electrons. The Morgan fingerprint density at radius 2 is 2.00 bits per heavy atom. The Labute approximate surface area is 104 Å². The third-order valence-electron chi connectivity index (χ3n) is 3.24. The molecule has 0 aromatic rings. The number of nitrogens with zero attached hydrogens (tertiary/aromatic N) is 1. The summed E-state index contributed by atoms with van der Waals surface area (Å²) in [5.74, 6) is 0.856. The standard InChI is InChI=1S/C12H22N2O.ClH/c1-9(2)7-12(15)14(10-3-4-10)11-5-6-13-8-11;/h9-11,13H,3-8H2,1-2H3;1H. The minimum absolute atomic E-state index is 0. The Morgan fingerprint density at radius 1 is 1.31 bits per heavy atom. The van der Waals surface area contributed by atoms with Gasteiger partial charge in [0.25, 0.3) is 0 Å². The molecule has 0 spiro atoms. The van der Waals surface area contributed by atoms with E-state index in [0.29, 0.717) is 30.3 Å². The summed E-state index contributed by atoms with van der Waals surface area (Å²) in [6.45, 7) is 6.31. The van der Waals surface area contributed by atoms with Crippen molar-refractivity contribution in [1.29, 1.82) is 0 Å². The van der Waals surface area contributed by atoms with E-state index in [9.17, 15) is 4.79 Å². The molecular weight excluding hydrogens is 224 g/mol. The van der Waals surface area contributed by atoms with Crippen molar-refractivity contribution in [3.63, 3.8) is 0 Å². The fraction of sp³-hybridized carbons (Fsp3) is 0.917. The van der Waals surface area contributed by atoms with Gasteiger partial charge in [0.1, 0.15) is 0 Å². The molecule has 1 aliphatic carbocycles. The first kappa shape index (κ1) is 13.8. The molecule has 1 heterocycles. The molecule has 2 aliphatic rings. The van der Waals surface area contributed by atoms with Crippen LogP contribution in [0.5, 0.6) is 0 Å². The summed E-state index contributed by atoms with van der Waals surface area (Å²) in [6.07, 6.45) is 4.30. The topological polar surface area (TPSA) is 32.3 Å². The molecule has 1 unspecified atom stereocenters. The molecule has 1 atom stereocenters. The largest absolute Gasteiger partial charge is 0.335 e. The predicted octanol–water partition coefficient (Wildman–Crippen LogP) is 1.81. The van der Waals surface area contributed by atoms with Crippen LogP contribution >= 0.6 is 12.4 Å².